The van der Waals surface area contributed by atoms with Crippen molar-refractivity contribution in [1.82, 2.24) is 0 Å². The van der Waals surface area contributed by atoms with Gasteiger partial charge in [-0.2, -0.15) is 0 Å². The molecule has 2 aromatic carbocycles. The monoisotopic (exact) mass is 293 g/mol. The zero-order valence-corrected chi connectivity index (χ0v) is 12.3. The lowest BCUT2D eigenvalue weighted by Gasteiger charge is -2.13. The Balaban J connectivity index is 2.39. The van der Waals surface area contributed by atoms with E-state index >= 15 is 0 Å². The summed E-state index contributed by atoms with van der Waals surface area (Å²) in [4.78, 5) is 0. The van der Waals surface area contributed by atoms with Crippen LogP contribution in [0.3, 0.4) is 0 Å². The molecule has 2 rings (SSSR count). The van der Waals surface area contributed by atoms with E-state index in [0.717, 1.165) is 16.7 Å². The maximum Gasteiger partial charge on any atom is 0.166 e. The van der Waals surface area contributed by atoms with Crippen LogP contribution in [0.2, 0.25) is 5.02 Å². The second-order valence-electron chi connectivity index (χ2n) is 4.74. The fourth-order valence-electron chi connectivity index (χ4n) is 2.10. The van der Waals surface area contributed by atoms with E-state index < -0.39 is 0 Å². The van der Waals surface area contributed by atoms with Crippen LogP contribution in [0.25, 0.3) is 0 Å². The van der Waals surface area contributed by atoms with Crippen molar-refractivity contribution in [2.24, 2.45) is 5.73 Å². The summed E-state index contributed by atoms with van der Waals surface area (Å²) in [5.74, 6) is 0.424. The lowest BCUT2D eigenvalue weighted by atomic mass is 10.1. The van der Waals surface area contributed by atoms with Crippen LogP contribution in [0, 0.1) is 19.7 Å². The fraction of sp³-hybridized carbons (Fsp3) is 0.250. The number of para-hydroxylation sites is 1. The minimum Gasteiger partial charge on any atom is -0.454 e. The second kappa shape index (κ2) is 6.25. The second-order valence-corrected chi connectivity index (χ2v) is 5.12. The molecule has 0 unspecified atom stereocenters. The first-order valence-electron chi connectivity index (χ1n) is 6.45. The molecule has 2 nitrogen and oxygen atoms in total. The van der Waals surface area contributed by atoms with Crippen molar-refractivity contribution in [3.05, 3.63) is 57.9 Å². The Kier molecular flexibility index (Phi) is 4.63. The van der Waals surface area contributed by atoms with Gasteiger partial charge in [0.05, 0.1) is 0 Å². The molecule has 4 heteroatoms. The van der Waals surface area contributed by atoms with Gasteiger partial charge in [0.25, 0.3) is 0 Å². The molecular formula is C16H17ClFNO. The summed E-state index contributed by atoms with van der Waals surface area (Å²) < 4.78 is 19.7. The lowest BCUT2D eigenvalue weighted by molar-refractivity contribution is 0.435. The van der Waals surface area contributed by atoms with Crippen molar-refractivity contribution >= 4 is 11.6 Å². The number of nitrogens with two attached hydrogens (primary N) is 1. The quantitative estimate of drug-likeness (QED) is 0.907. The number of hydrogen-bond acceptors (Lipinski definition) is 2. The molecule has 0 atom stereocenters. The standard InChI is InChI=1S/C16H17ClFNO/c1-10-8-13(9-11(2)15(10)17)20-16-12(6-7-19)4-3-5-14(16)18/h3-5,8-9H,6-7,19H2,1-2H3. The summed E-state index contributed by atoms with van der Waals surface area (Å²) in [6.45, 7) is 4.23. The SMILES string of the molecule is Cc1cc(Oc2c(F)cccc2CCN)cc(C)c1Cl. The highest BCUT2D eigenvalue weighted by Crippen LogP contribution is 2.32. The maximum atomic E-state index is 13.9. The average Bonchev–Trinajstić information content (AvgIpc) is 2.40. The molecule has 0 aliphatic rings. The van der Waals surface area contributed by atoms with E-state index in [9.17, 15) is 4.39 Å². The third-order valence-corrected chi connectivity index (χ3v) is 3.69. The van der Waals surface area contributed by atoms with Gasteiger partial charge in [0.15, 0.2) is 11.6 Å². The number of ether oxygens (including phenoxy) is 1. The largest absolute Gasteiger partial charge is 0.454 e. The van der Waals surface area contributed by atoms with Gasteiger partial charge in [-0.1, -0.05) is 23.7 Å². The third-order valence-electron chi connectivity index (χ3n) is 3.09. The smallest absolute Gasteiger partial charge is 0.166 e. The Bertz CT molecular complexity index is 605. The Morgan fingerprint density at radius 3 is 2.45 bits per heavy atom. The van der Waals surface area contributed by atoms with E-state index in [0.29, 0.717) is 23.7 Å². The van der Waals surface area contributed by atoms with Crippen molar-refractivity contribution in [2.75, 3.05) is 6.54 Å². The van der Waals surface area contributed by atoms with E-state index in [1.165, 1.54) is 6.07 Å². The van der Waals surface area contributed by atoms with Gasteiger partial charge in [-0.15, -0.1) is 0 Å². The molecule has 0 bridgehead atoms. The Morgan fingerprint density at radius 2 is 1.85 bits per heavy atom. The highest BCUT2D eigenvalue weighted by Gasteiger charge is 2.12. The summed E-state index contributed by atoms with van der Waals surface area (Å²) >= 11 is 6.12. The summed E-state index contributed by atoms with van der Waals surface area (Å²) in [7, 11) is 0. The molecule has 2 N–H and O–H groups in total. The number of benzene rings is 2. The zero-order valence-electron chi connectivity index (χ0n) is 11.5. The average molecular weight is 294 g/mol. The highest BCUT2D eigenvalue weighted by molar-refractivity contribution is 6.32. The molecule has 0 aliphatic carbocycles. The van der Waals surface area contributed by atoms with Gasteiger partial charge < -0.3 is 10.5 Å². The zero-order chi connectivity index (χ0) is 14.7. The summed E-state index contributed by atoms with van der Waals surface area (Å²) in [6, 6.07) is 8.46. The van der Waals surface area contributed by atoms with Crippen molar-refractivity contribution in [3.63, 3.8) is 0 Å². The third kappa shape index (κ3) is 3.11. The normalized spacial score (nSPS) is 10.7. The first kappa shape index (κ1) is 14.8. The van der Waals surface area contributed by atoms with E-state index in [1.807, 2.05) is 19.9 Å². The van der Waals surface area contributed by atoms with Crippen molar-refractivity contribution in [3.8, 4) is 11.5 Å². The van der Waals surface area contributed by atoms with Gasteiger partial charge in [-0.05, 0) is 61.7 Å². The van der Waals surface area contributed by atoms with Crippen LogP contribution in [-0.4, -0.2) is 6.54 Å². The molecule has 0 heterocycles. The van der Waals surface area contributed by atoms with E-state index in [4.69, 9.17) is 22.1 Å². The van der Waals surface area contributed by atoms with Crippen LogP contribution in [0.4, 0.5) is 4.39 Å². The van der Waals surface area contributed by atoms with E-state index in [1.54, 1.807) is 18.2 Å². The Labute approximate surface area is 123 Å². The number of hydrogen-bond donors (Lipinski definition) is 1. The topological polar surface area (TPSA) is 35.2 Å². The van der Waals surface area contributed by atoms with Gasteiger partial charge in [0.1, 0.15) is 5.75 Å². The molecule has 0 spiro atoms. The minimum absolute atomic E-state index is 0.235. The van der Waals surface area contributed by atoms with Crippen LogP contribution in [-0.2, 0) is 6.42 Å². The van der Waals surface area contributed by atoms with Gasteiger partial charge in [0, 0.05) is 5.02 Å². The Hall–Kier alpha value is -1.58. The molecule has 20 heavy (non-hydrogen) atoms. The molecule has 0 saturated heterocycles. The maximum absolute atomic E-state index is 13.9. The highest BCUT2D eigenvalue weighted by atomic mass is 35.5. The van der Waals surface area contributed by atoms with Crippen LogP contribution in [0.1, 0.15) is 16.7 Å². The summed E-state index contributed by atoms with van der Waals surface area (Å²) in [5.41, 5.74) is 8.11. The fourth-order valence-corrected chi connectivity index (χ4v) is 2.21. The molecule has 0 radical (unpaired) electrons. The summed E-state index contributed by atoms with van der Waals surface area (Å²) in [5, 5.41) is 0.702. The van der Waals surface area contributed by atoms with Crippen LogP contribution in [0.15, 0.2) is 30.3 Å². The van der Waals surface area contributed by atoms with Gasteiger partial charge >= 0.3 is 0 Å². The van der Waals surface area contributed by atoms with E-state index in [-0.39, 0.29) is 11.6 Å². The molecular weight excluding hydrogens is 277 g/mol. The molecule has 0 saturated carbocycles. The lowest BCUT2D eigenvalue weighted by Crippen LogP contribution is -2.05. The molecule has 106 valence electrons. The molecule has 0 amide bonds. The first-order chi connectivity index (χ1) is 9.52. The van der Waals surface area contributed by atoms with Crippen LogP contribution >= 0.6 is 11.6 Å². The molecule has 0 aliphatic heterocycles. The van der Waals surface area contributed by atoms with Crippen molar-refractivity contribution in [1.29, 1.82) is 0 Å². The van der Waals surface area contributed by atoms with Crippen LogP contribution < -0.4 is 10.5 Å². The number of halogens is 2. The predicted molar refractivity (Wildman–Crippen MR) is 80.2 cm³/mol. The minimum atomic E-state index is -0.388. The first-order valence-corrected chi connectivity index (χ1v) is 6.82. The van der Waals surface area contributed by atoms with Crippen LogP contribution in [0.5, 0.6) is 11.5 Å². The van der Waals surface area contributed by atoms with Crippen molar-refractivity contribution < 1.29 is 9.13 Å². The van der Waals surface area contributed by atoms with E-state index in [2.05, 4.69) is 0 Å². The number of rotatable bonds is 4. The number of aryl methyl sites for hydroxylation is 2. The predicted octanol–water partition coefficient (Wildman–Crippen LogP) is 4.39. The summed E-state index contributed by atoms with van der Waals surface area (Å²) in [6.07, 6.45) is 0.568. The molecule has 0 aromatic heterocycles. The van der Waals surface area contributed by atoms with Gasteiger partial charge in [-0.3, -0.25) is 0 Å². The van der Waals surface area contributed by atoms with Gasteiger partial charge in [-0.25, -0.2) is 4.39 Å². The molecule has 0 fully saturated rings. The Morgan fingerprint density at radius 1 is 1.20 bits per heavy atom. The molecule has 2 aromatic rings. The van der Waals surface area contributed by atoms with Crippen molar-refractivity contribution in [2.45, 2.75) is 20.3 Å². The van der Waals surface area contributed by atoms with Gasteiger partial charge in [0.2, 0.25) is 0 Å².